The molecule has 6 heteroatoms. The molecule has 0 aromatic heterocycles. The molecule has 5 rings (SSSR count). The number of hydrogen-bond donors (Lipinski definition) is 2. The van der Waals surface area contributed by atoms with Gasteiger partial charge in [0.1, 0.15) is 6.56 Å². The molecule has 1 aliphatic heterocycles. The highest BCUT2D eigenvalue weighted by molar-refractivity contribution is 6.01. The van der Waals surface area contributed by atoms with Gasteiger partial charge in [0.25, 0.3) is 0 Å². The number of hydrogen-bond acceptors (Lipinski definition) is 6. The van der Waals surface area contributed by atoms with E-state index in [9.17, 15) is 19.8 Å². The molecule has 5 aliphatic rings. The molecular formula is C25H34O6. The van der Waals surface area contributed by atoms with Crippen molar-refractivity contribution in [2.75, 3.05) is 6.56 Å². The first kappa shape index (κ1) is 17.2. The average Bonchev–Trinajstić information content (AvgIpc) is 3.22. The van der Waals surface area contributed by atoms with Crippen molar-refractivity contribution in [2.45, 2.75) is 83.4 Å². The van der Waals surface area contributed by atoms with Crippen molar-refractivity contribution in [2.24, 2.45) is 28.6 Å². The van der Waals surface area contributed by atoms with Crippen LogP contribution in [0.1, 0.15) is 64.8 Å². The van der Waals surface area contributed by atoms with Crippen LogP contribution in [0.5, 0.6) is 0 Å². The fourth-order valence-electron chi connectivity index (χ4n) is 7.81. The van der Waals surface area contributed by atoms with Crippen molar-refractivity contribution in [1.29, 1.82) is 0 Å². The number of carbonyl (C=O) groups excluding carboxylic acids is 2. The second-order valence-corrected chi connectivity index (χ2v) is 10.4. The number of ketones is 2. The van der Waals surface area contributed by atoms with E-state index in [1.54, 1.807) is 6.08 Å². The lowest BCUT2D eigenvalue weighted by Crippen LogP contribution is -2.63. The third kappa shape index (κ3) is 2.65. The van der Waals surface area contributed by atoms with Gasteiger partial charge < -0.3 is 19.7 Å². The van der Waals surface area contributed by atoms with Gasteiger partial charge in [0.2, 0.25) is 0 Å². The van der Waals surface area contributed by atoms with E-state index in [0.29, 0.717) is 31.3 Å². The molecule has 0 radical (unpaired) electrons. The lowest BCUT2D eigenvalue weighted by molar-refractivity contribution is -0.200. The maximum Gasteiger partial charge on any atom is 0.193 e. The Bertz CT molecular complexity index is 1040. The number of carbonyl (C=O) groups is 2. The van der Waals surface area contributed by atoms with Crippen LogP contribution in [0.4, 0.5) is 0 Å². The van der Waals surface area contributed by atoms with Gasteiger partial charge in [-0.25, -0.2) is 0 Å². The molecule has 0 aromatic rings. The molecule has 9 atom stereocenters. The fraction of sp³-hybridized carbons (Fsp3) is 0.760. The van der Waals surface area contributed by atoms with Crippen LogP contribution in [0.25, 0.3) is 0 Å². The SMILES string of the molecule is [2H]C1=C[C@@]2(C)C(=C([2H])C1=O)CC[C@@H]1[C@@H]2[C@@H](O)C[C@@]2(C)[C@H]1C[C@H]1OC(CCC)O[C@]12C(=O)C([2H])([2H])O. The first-order valence-electron chi connectivity index (χ1n) is 13.5. The zero-order valence-corrected chi connectivity index (χ0v) is 18.3. The fourth-order valence-corrected chi connectivity index (χ4v) is 7.81. The summed E-state index contributed by atoms with van der Waals surface area (Å²) in [5, 5.41) is 21.8. The first-order chi connectivity index (χ1) is 16.2. The zero-order chi connectivity index (χ0) is 25.7. The molecule has 31 heavy (non-hydrogen) atoms. The number of rotatable bonds is 4. The molecule has 4 aliphatic carbocycles. The van der Waals surface area contributed by atoms with E-state index in [-0.39, 0.29) is 36.3 Å². The molecule has 2 N–H and O–H groups in total. The molecule has 0 spiro atoms. The van der Waals surface area contributed by atoms with Crippen molar-refractivity contribution in [3.63, 3.8) is 0 Å². The van der Waals surface area contributed by atoms with Crippen molar-refractivity contribution in [3.05, 3.63) is 23.8 Å². The third-order valence-electron chi connectivity index (χ3n) is 9.05. The third-order valence-corrected chi connectivity index (χ3v) is 9.05. The number of allylic oxidation sites excluding steroid dienone is 4. The van der Waals surface area contributed by atoms with Crippen LogP contribution in [-0.4, -0.2) is 52.4 Å². The van der Waals surface area contributed by atoms with Gasteiger partial charge in [-0.2, -0.15) is 0 Å². The predicted octanol–water partition coefficient (Wildman–Crippen LogP) is 2.72. The number of aliphatic hydroxyl groups excluding tert-OH is 1. The minimum atomic E-state index is -3.12. The molecule has 0 aromatic carbocycles. The summed E-state index contributed by atoms with van der Waals surface area (Å²) >= 11 is 0. The molecule has 0 bridgehead atoms. The van der Waals surface area contributed by atoms with Gasteiger partial charge in [-0.1, -0.05) is 38.8 Å². The Balaban J connectivity index is 1.60. The van der Waals surface area contributed by atoms with Crippen LogP contribution in [0, 0.1) is 28.6 Å². The lowest BCUT2D eigenvalue weighted by Gasteiger charge is -2.59. The van der Waals surface area contributed by atoms with E-state index >= 15 is 0 Å². The van der Waals surface area contributed by atoms with Gasteiger partial charge in [-0.3, -0.25) is 9.59 Å². The van der Waals surface area contributed by atoms with E-state index in [1.807, 2.05) is 20.8 Å². The molecular weight excluding hydrogens is 396 g/mol. The number of fused-ring (bicyclic) bond motifs is 7. The zero-order valence-electron chi connectivity index (χ0n) is 22.3. The Labute approximate surface area is 189 Å². The minimum absolute atomic E-state index is 0.116. The van der Waals surface area contributed by atoms with Gasteiger partial charge in [0.05, 0.1) is 17.7 Å². The maximum atomic E-state index is 13.5. The Morgan fingerprint density at radius 1 is 1.42 bits per heavy atom. The monoisotopic (exact) mass is 434 g/mol. The van der Waals surface area contributed by atoms with Crippen molar-refractivity contribution < 1.29 is 34.8 Å². The van der Waals surface area contributed by atoms with E-state index in [0.717, 1.165) is 6.42 Å². The predicted molar refractivity (Wildman–Crippen MR) is 113 cm³/mol. The lowest BCUT2D eigenvalue weighted by atomic mass is 9.46. The van der Waals surface area contributed by atoms with Crippen LogP contribution in [0.15, 0.2) is 23.8 Å². The normalized spacial score (nSPS) is 53.3. The van der Waals surface area contributed by atoms with Gasteiger partial charge in [0.15, 0.2) is 23.5 Å². The largest absolute Gasteiger partial charge is 0.393 e. The maximum absolute atomic E-state index is 13.5. The van der Waals surface area contributed by atoms with Gasteiger partial charge in [-0.05, 0) is 56.0 Å². The van der Waals surface area contributed by atoms with Crippen LogP contribution in [-0.2, 0) is 19.1 Å². The Morgan fingerprint density at radius 2 is 2.19 bits per heavy atom. The molecule has 4 fully saturated rings. The highest BCUT2D eigenvalue weighted by atomic mass is 16.7. The molecule has 3 saturated carbocycles. The standard InChI is InChI=1S/C25H34O6/c1-4-5-21-30-20-11-17-16-7-6-14-10-15(27)8-9-23(14,2)22(16)18(28)12-24(17,3)25(20,31-21)19(29)13-26/h8-10,16-18,20-22,26,28H,4-7,11-13H2,1-3H3/t16-,17-,18-,20+,21?,22+,23-,24-,25+/m0/s1/i8D,10D,13D2. The van der Waals surface area contributed by atoms with Crippen LogP contribution >= 0.6 is 0 Å². The number of aliphatic hydroxyl groups is 2. The molecule has 170 valence electrons. The molecule has 6 nitrogen and oxygen atoms in total. The van der Waals surface area contributed by atoms with Crippen molar-refractivity contribution >= 4 is 11.6 Å². The van der Waals surface area contributed by atoms with Gasteiger partial charge in [0, 0.05) is 16.7 Å². The number of Topliss-reactive ketones (excluding diaryl/α,β-unsaturated/α-hetero) is 1. The smallest absolute Gasteiger partial charge is 0.193 e. The summed E-state index contributed by atoms with van der Waals surface area (Å²) in [6, 6.07) is -0.392. The molecule has 1 unspecified atom stereocenters. The second-order valence-electron chi connectivity index (χ2n) is 10.4. The molecule has 0 amide bonds. The highest BCUT2D eigenvalue weighted by Crippen LogP contribution is 2.69. The Morgan fingerprint density at radius 3 is 2.90 bits per heavy atom. The summed E-state index contributed by atoms with van der Waals surface area (Å²) in [7, 11) is 0. The van der Waals surface area contributed by atoms with E-state index in [4.69, 9.17) is 15.0 Å². The summed E-state index contributed by atoms with van der Waals surface area (Å²) in [4.78, 5) is 25.9. The average molecular weight is 435 g/mol. The van der Waals surface area contributed by atoms with Gasteiger partial charge in [-0.15, -0.1) is 0 Å². The molecule has 1 saturated heterocycles. The van der Waals surface area contributed by atoms with Crippen LogP contribution in [0.3, 0.4) is 0 Å². The second kappa shape index (κ2) is 7.08. The van der Waals surface area contributed by atoms with E-state index in [2.05, 4.69) is 0 Å². The summed E-state index contributed by atoms with van der Waals surface area (Å²) in [5.74, 6) is -2.33. The van der Waals surface area contributed by atoms with Crippen LogP contribution in [0.2, 0.25) is 0 Å². The molecule has 1 heterocycles. The van der Waals surface area contributed by atoms with Crippen molar-refractivity contribution in [3.8, 4) is 0 Å². The first-order valence-corrected chi connectivity index (χ1v) is 11.5. The minimum Gasteiger partial charge on any atom is -0.393 e. The summed E-state index contributed by atoms with van der Waals surface area (Å²) < 4.78 is 44.7. The summed E-state index contributed by atoms with van der Waals surface area (Å²) in [6.07, 6.45) is 2.06. The highest BCUT2D eigenvalue weighted by Gasteiger charge is 2.75. The van der Waals surface area contributed by atoms with Crippen molar-refractivity contribution in [1.82, 2.24) is 0 Å². The quantitative estimate of drug-likeness (QED) is 0.707. The number of ether oxygens (including phenoxy) is 2. The summed E-state index contributed by atoms with van der Waals surface area (Å²) in [6.45, 7) is 2.56. The Kier molecular flexibility index (Phi) is 3.92. The van der Waals surface area contributed by atoms with Gasteiger partial charge >= 0.3 is 0 Å². The van der Waals surface area contributed by atoms with E-state index in [1.165, 1.54) is 0 Å². The Hall–Kier alpha value is -1.34. The van der Waals surface area contributed by atoms with E-state index < -0.39 is 53.1 Å². The summed E-state index contributed by atoms with van der Waals surface area (Å²) in [5.41, 5.74) is -2.90. The topological polar surface area (TPSA) is 93.1 Å². The van der Waals surface area contributed by atoms with Crippen LogP contribution < -0.4 is 0 Å².